The molecule has 1 saturated carbocycles. The molecule has 0 bridgehead atoms. The summed E-state index contributed by atoms with van der Waals surface area (Å²) < 4.78 is 3.45. The van der Waals surface area contributed by atoms with Crippen molar-refractivity contribution in [3.05, 3.63) is 28.5 Å². The van der Waals surface area contributed by atoms with Crippen molar-refractivity contribution in [2.45, 2.75) is 51.5 Å². The van der Waals surface area contributed by atoms with Gasteiger partial charge < -0.3 is 4.57 Å². The number of nitrogens with zero attached hydrogens (tertiary/aromatic N) is 2. The molecule has 2 aromatic rings. The van der Waals surface area contributed by atoms with E-state index in [1.54, 1.807) is 0 Å². The molecule has 0 N–H and O–H groups in total. The van der Waals surface area contributed by atoms with Crippen LogP contribution in [-0.4, -0.2) is 9.55 Å². The third kappa shape index (κ3) is 2.62. The largest absolute Gasteiger partial charge is 0.326 e. The SMILES string of the molecule is CCCC1(Cn2c(C(C)Cl)nc3ccc(Br)cc32)CC1. The number of hydrogen-bond acceptors (Lipinski definition) is 1. The lowest BCUT2D eigenvalue weighted by atomic mass is 10.0. The molecule has 1 unspecified atom stereocenters. The lowest BCUT2D eigenvalue weighted by Gasteiger charge is -2.18. The van der Waals surface area contributed by atoms with E-state index in [1.807, 2.05) is 13.0 Å². The van der Waals surface area contributed by atoms with Crippen molar-refractivity contribution in [1.29, 1.82) is 0 Å². The van der Waals surface area contributed by atoms with Crippen LogP contribution in [0.15, 0.2) is 22.7 Å². The van der Waals surface area contributed by atoms with Crippen LogP contribution in [0, 0.1) is 5.41 Å². The van der Waals surface area contributed by atoms with Crippen molar-refractivity contribution in [2.24, 2.45) is 5.41 Å². The lowest BCUT2D eigenvalue weighted by Crippen LogP contribution is -2.14. The van der Waals surface area contributed by atoms with Crippen molar-refractivity contribution in [2.75, 3.05) is 0 Å². The van der Waals surface area contributed by atoms with Gasteiger partial charge in [0.2, 0.25) is 0 Å². The van der Waals surface area contributed by atoms with E-state index in [-0.39, 0.29) is 5.38 Å². The van der Waals surface area contributed by atoms with Crippen LogP contribution >= 0.6 is 27.5 Å². The molecular weight excluding hydrogens is 336 g/mol. The van der Waals surface area contributed by atoms with Crippen molar-refractivity contribution < 1.29 is 0 Å². The molecule has 0 radical (unpaired) electrons. The monoisotopic (exact) mass is 354 g/mol. The van der Waals surface area contributed by atoms with Crippen molar-refractivity contribution in [3.8, 4) is 0 Å². The summed E-state index contributed by atoms with van der Waals surface area (Å²) in [7, 11) is 0. The fraction of sp³-hybridized carbons (Fsp3) is 0.562. The second kappa shape index (κ2) is 5.34. The number of aromatic nitrogens is 2. The standard InChI is InChI=1S/C16H20BrClN2/c1-3-6-16(7-8-16)10-20-14-9-12(17)4-5-13(14)19-15(20)11(2)18/h4-5,9,11H,3,6-8,10H2,1-2H3. The van der Waals surface area contributed by atoms with E-state index in [0.717, 1.165) is 22.4 Å². The first-order chi connectivity index (χ1) is 9.54. The fourth-order valence-corrected chi connectivity index (χ4v) is 3.63. The molecule has 1 aliphatic carbocycles. The molecular formula is C16H20BrClN2. The zero-order valence-corrected chi connectivity index (χ0v) is 14.3. The molecule has 4 heteroatoms. The quantitative estimate of drug-likeness (QED) is 0.631. The van der Waals surface area contributed by atoms with Gasteiger partial charge in [0.1, 0.15) is 5.82 Å². The van der Waals surface area contributed by atoms with Crippen LogP contribution in [0.3, 0.4) is 0 Å². The molecule has 1 heterocycles. The van der Waals surface area contributed by atoms with Gasteiger partial charge >= 0.3 is 0 Å². The number of alkyl halides is 1. The maximum absolute atomic E-state index is 6.35. The summed E-state index contributed by atoms with van der Waals surface area (Å²) >= 11 is 9.92. The van der Waals surface area contributed by atoms with E-state index < -0.39 is 0 Å². The van der Waals surface area contributed by atoms with Crippen molar-refractivity contribution >= 4 is 38.6 Å². The summed E-state index contributed by atoms with van der Waals surface area (Å²) in [5, 5.41) is -0.0568. The predicted molar refractivity (Wildman–Crippen MR) is 88.3 cm³/mol. The Kier molecular flexibility index (Phi) is 3.85. The summed E-state index contributed by atoms with van der Waals surface area (Å²) in [4.78, 5) is 4.74. The van der Waals surface area contributed by atoms with Crippen LogP contribution in [-0.2, 0) is 6.54 Å². The van der Waals surface area contributed by atoms with Gasteiger partial charge in [-0.2, -0.15) is 0 Å². The second-order valence-electron chi connectivity index (χ2n) is 6.06. The Balaban J connectivity index is 2.06. The minimum Gasteiger partial charge on any atom is -0.326 e. The van der Waals surface area contributed by atoms with E-state index in [2.05, 4.69) is 39.6 Å². The summed E-state index contributed by atoms with van der Waals surface area (Å²) in [5.41, 5.74) is 2.73. The highest BCUT2D eigenvalue weighted by Crippen LogP contribution is 2.51. The number of rotatable bonds is 5. The topological polar surface area (TPSA) is 17.8 Å². The average molecular weight is 356 g/mol. The molecule has 1 aromatic carbocycles. The molecule has 20 heavy (non-hydrogen) atoms. The minimum atomic E-state index is -0.0568. The first-order valence-electron chi connectivity index (χ1n) is 7.34. The maximum atomic E-state index is 6.35. The molecule has 2 nitrogen and oxygen atoms in total. The van der Waals surface area contributed by atoms with E-state index in [0.29, 0.717) is 5.41 Å². The first-order valence-corrected chi connectivity index (χ1v) is 8.57. The maximum Gasteiger partial charge on any atom is 0.127 e. The molecule has 0 aliphatic heterocycles. The molecule has 1 aliphatic rings. The van der Waals surface area contributed by atoms with Gasteiger partial charge in [0.15, 0.2) is 0 Å². The Morgan fingerprint density at radius 1 is 1.45 bits per heavy atom. The molecule has 0 spiro atoms. The van der Waals surface area contributed by atoms with Gasteiger partial charge in [0, 0.05) is 11.0 Å². The van der Waals surface area contributed by atoms with Crippen LogP contribution in [0.5, 0.6) is 0 Å². The molecule has 3 rings (SSSR count). The van der Waals surface area contributed by atoms with Gasteiger partial charge in [-0.1, -0.05) is 29.3 Å². The Bertz CT molecular complexity index is 629. The number of halogens is 2. The minimum absolute atomic E-state index is 0.0568. The molecule has 0 amide bonds. The van der Waals surface area contributed by atoms with Crippen molar-refractivity contribution in [1.82, 2.24) is 9.55 Å². The smallest absolute Gasteiger partial charge is 0.127 e. The van der Waals surface area contributed by atoms with Gasteiger partial charge in [0.25, 0.3) is 0 Å². The zero-order chi connectivity index (χ0) is 14.3. The summed E-state index contributed by atoms with van der Waals surface area (Å²) in [5.74, 6) is 1.00. The number of hydrogen-bond donors (Lipinski definition) is 0. The van der Waals surface area contributed by atoms with Gasteiger partial charge in [-0.3, -0.25) is 0 Å². The van der Waals surface area contributed by atoms with Crippen LogP contribution in [0.25, 0.3) is 11.0 Å². The van der Waals surface area contributed by atoms with E-state index in [4.69, 9.17) is 16.6 Å². The molecule has 1 fully saturated rings. The third-order valence-corrected chi connectivity index (χ3v) is 5.01. The van der Waals surface area contributed by atoms with Gasteiger partial charge in [0.05, 0.1) is 16.4 Å². The highest BCUT2D eigenvalue weighted by molar-refractivity contribution is 9.10. The second-order valence-corrected chi connectivity index (χ2v) is 7.63. The Morgan fingerprint density at radius 3 is 2.80 bits per heavy atom. The van der Waals surface area contributed by atoms with Crippen molar-refractivity contribution in [3.63, 3.8) is 0 Å². The van der Waals surface area contributed by atoms with Crippen LogP contribution in [0.4, 0.5) is 0 Å². The lowest BCUT2D eigenvalue weighted by molar-refractivity contribution is 0.387. The van der Waals surface area contributed by atoms with E-state index in [1.165, 1.54) is 31.2 Å². The molecule has 1 aromatic heterocycles. The Labute approximate surface area is 133 Å². The van der Waals surface area contributed by atoms with Gasteiger partial charge in [-0.25, -0.2) is 4.98 Å². The summed E-state index contributed by atoms with van der Waals surface area (Å²) in [6.45, 7) is 5.33. The highest BCUT2D eigenvalue weighted by Gasteiger charge is 2.42. The van der Waals surface area contributed by atoms with Gasteiger partial charge in [-0.15, -0.1) is 11.6 Å². The fourth-order valence-electron chi connectivity index (χ4n) is 3.11. The number of benzene rings is 1. The zero-order valence-electron chi connectivity index (χ0n) is 12.0. The Hall–Kier alpha value is -0.540. The molecule has 108 valence electrons. The van der Waals surface area contributed by atoms with E-state index >= 15 is 0 Å². The van der Waals surface area contributed by atoms with Crippen LogP contribution in [0.1, 0.15) is 50.7 Å². The highest BCUT2D eigenvalue weighted by atomic mass is 79.9. The molecule has 0 saturated heterocycles. The number of imidazole rings is 1. The number of fused-ring (bicyclic) bond motifs is 1. The summed E-state index contributed by atoms with van der Waals surface area (Å²) in [6.07, 6.45) is 5.23. The third-order valence-electron chi connectivity index (χ3n) is 4.33. The molecule has 1 atom stereocenters. The van der Waals surface area contributed by atoms with Crippen LogP contribution < -0.4 is 0 Å². The first kappa shape index (κ1) is 14.4. The van der Waals surface area contributed by atoms with E-state index in [9.17, 15) is 0 Å². The average Bonchev–Trinajstić information content (AvgIpc) is 3.06. The summed E-state index contributed by atoms with van der Waals surface area (Å²) in [6, 6.07) is 6.27. The Morgan fingerprint density at radius 2 is 2.20 bits per heavy atom. The normalized spacial score (nSPS) is 18.4. The van der Waals surface area contributed by atoms with Crippen LogP contribution in [0.2, 0.25) is 0 Å². The predicted octanol–water partition coefficient (Wildman–Crippen LogP) is 5.68. The van der Waals surface area contributed by atoms with Gasteiger partial charge in [-0.05, 0) is 49.8 Å².